The van der Waals surface area contributed by atoms with Crippen LogP contribution in [0.5, 0.6) is 0 Å². The summed E-state index contributed by atoms with van der Waals surface area (Å²) in [5.41, 5.74) is -0.703. The second-order valence-corrected chi connectivity index (χ2v) is 7.64. The lowest BCUT2D eigenvalue weighted by Gasteiger charge is -2.28. The average molecular weight is 409 g/mol. The van der Waals surface area contributed by atoms with E-state index >= 15 is 0 Å². The van der Waals surface area contributed by atoms with Crippen molar-refractivity contribution in [2.24, 2.45) is 0 Å². The Labute approximate surface area is 171 Å². The van der Waals surface area contributed by atoms with Crippen LogP contribution in [0.4, 0.5) is 4.79 Å². The summed E-state index contributed by atoms with van der Waals surface area (Å²) in [5, 5.41) is 5.01. The van der Waals surface area contributed by atoms with Crippen LogP contribution >= 0.6 is 0 Å². The van der Waals surface area contributed by atoms with Gasteiger partial charge in [-0.05, 0) is 47.5 Å². The van der Waals surface area contributed by atoms with E-state index in [-0.39, 0.29) is 12.3 Å². The van der Waals surface area contributed by atoms with Gasteiger partial charge in [-0.2, -0.15) is 0 Å². The van der Waals surface area contributed by atoms with Crippen molar-refractivity contribution >= 4 is 23.9 Å². The van der Waals surface area contributed by atoms with Crippen LogP contribution < -0.4 is 10.6 Å². The summed E-state index contributed by atoms with van der Waals surface area (Å²) in [6, 6.07) is -1.63. The van der Waals surface area contributed by atoms with Crippen molar-refractivity contribution in [3.63, 3.8) is 0 Å². The largest absolute Gasteiger partial charge is 0.457 e. The van der Waals surface area contributed by atoms with E-state index in [0.717, 1.165) is 0 Å². The SMILES string of the molecule is C=CCOC(=O)/C(=C/C)NC(=O)[C@H](C)NC(=O)[C@@H]1CCCN1C(=O)OC(C)(C)C. The maximum atomic E-state index is 12.6. The number of amides is 3. The van der Waals surface area contributed by atoms with E-state index in [1.54, 1.807) is 27.7 Å². The van der Waals surface area contributed by atoms with Gasteiger partial charge in [-0.25, -0.2) is 9.59 Å². The van der Waals surface area contributed by atoms with Crippen molar-refractivity contribution in [2.75, 3.05) is 13.2 Å². The fraction of sp³-hybridized carbons (Fsp3) is 0.600. The van der Waals surface area contributed by atoms with Gasteiger partial charge in [-0.3, -0.25) is 14.5 Å². The first-order valence-electron chi connectivity index (χ1n) is 9.55. The van der Waals surface area contributed by atoms with E-state index in [1.807, 2.05) is 0 Å². The molecule has 0 aromatic rings. The van der Waals surface area contributed by atoms with Gasteiger partial charge in [-0.1, -0.05) is 18.7 Å². The summed E-state index contributed by atoms with van der Waals surface area (Å²) in [6.07, 6.45) is 3.39. The number of ether oxygens (including phenoxy) is 2. The number of likely N-dealkylation sites (tertiary alicyclic amines) is 1. The van der Waals surface area contributed by atoms with Crippen molar-refractivity contribution < 1.29 is 28.7 Å². The molecule has 1 heterocycles. The van der Waals surface area contributed by atoms with Gasteiger partial charge in [0.05, 0.1) is 0 Å². The average Bonchev–Trinajstić information content (AvgIpc) is 3.12. The lowest BCUT2D eigenvalue weighted by molar-refractivity contribution is -0.139. The molecule has 0 aromatic heterocycles. The Morgan fingerprint density at radius 2 is 1.93 bits per heavy atom. The summed E-state index contributed by atoms with van der Waals surface area (Å²) in [5.74, 6) is -1.73. The Morgan fingerprint density at radius 1 is 1.28 bits per heavy atom. The molecule has 0 bridgehead atoms. The monoisotopic (exact) mass is 409 g/mol. The molecule has 162 valence electrons. The Kier molecular flexibility index (Phi) is 8.87. The molecule has 0 radical (unpaired) electrons. The third kappa shape index (κ3) is 7.59. The number of carbonyl (C=O) groups excluding carboxylic acids is 4. The Balaban J connectivity index is 2.67. The number of carbonyl (C=O) groups is 4. The second kappa shape index (κ2) is 10.6. The summed E-state index contributed by atoms with van der Waals surface area (Å²) in [6.45, 7) is 12.2. The molecule has 0 saturated carbocycles. The number of esters is 1. The van der Waals surface area contributed by atoms with E-state index in [1.165, 1.54) is 24.0 Å². The smallest absolute Gasteiger partial charge is 0.410 e. The maximum absolute atomic E-state index is 12.6. The van der Waals surface area contributed by atoms with E-state index in [0.29, 0.717) is 19.4 Å². The number of nitrogens with zero attached hydrogens (tertiary/aromatic N) is 1. The molecule has 2 N–H and O–H groups in total. The van der Waals surface area contributed by atoms with Gasteiger partial charge in [0, 0.05) is 6.54 Å². The van der Waals surface area contributed by atoms with Gasteiger partial charge in [0.25, 0.3) is 0 Å². The predicted molar refractivity (Wildman–Crippen MR) is 107 cm³/mol. The third-order valence-electron chi connectivity index (χ3n) is 4.03. The molecule has 1 aliphatic heterocycles. The third-order valence-corrected chi connectivity index (χ3v) is 4.03. The standard InChI is InChI=1S/C20H31N3O6/c1-7-12-28-18(26)14(8-2)22-16(24)13(3)21-17(25)15-10-9-11-23(15)19(27)29-20(4,5)6/h7-8,13,15H,1,9-12H2,2-6H3,(H,21,25)(H,22,24)/b14-8-/t13-,15-/m0/s1. The first-order valence-corrected chi connectivity index (χ1v) is 9.55. The highest BCUT2D eigenvalue weighted by Gasteiger charge is 2.37. The van der Waals surface area contributed by atoms with Gasteiger partial charge < -0.3 is 20.1 Å². The Bertz CT molecular complexity index is 680. The highest BCUT2D eigenvalue weighted by Crippen LogP contribution is 2.21. The van der Waals surface area contributed by atoms with Crippen LogP contribution in [0.3, 0.4) is 0 Å². The molecule has 0 unspecified atom stereocenters. The van der Waals surface area contributed by atoms with Crippen LogP contribution in [-0.2, 0) is 23.9 Å². The summed E-state index contributed by atoms with van der Waals surface area (Å²) in [7, 11) is 0. The van der Waals surface area contributed by atoms with Crippen LogP contribution in [0, 0.1) is 0 Å². The van der Waals surface area contributed by atoms with Crippen molar-refractivity contribution in [1.82, 2.24) is 15.5 Å². The number of allylic oxidation sites excluding steroid dienone is 1. The van der Waals surface area contributed by atoms with Crippen molar-refractivity contribution in [3.05, 3.63) is 24.4 Å². The van der Waals surface area contributed by atoms with Crippen LogP contribution in [-0.4, -0.2) is 59.6 Å². The first-order chi connectivity index (χ1) is 13.5. The van der Waals surface area contributed by atoms with Gasteiger partial charge in [0.1, 0.15) is 30.0 Å². The van der Waals surface area contributed by atoms with Gasteiger partial charge >= 0.3 is 12.1 Å². The van der Waals surface area contributed by atoms with Crippen LogP contribution in [0.25, 0.3) is 0 Å². The molecular weight excluding hydrogens is 378 g/mol. The van der Waals surface area contributed by atoms with E-state index in [9.17, 15) is 19.2 Å². The van der Waals surface area contributed by atoms with Gasteiger partial charge in [0.15, 0.2) is 0 Å². The molecule has 1 saturated heterocycles. The Morgan fingerprint density at radius 3 is 2.48 bits per heavy atom. The minimum absolute atomic E-state index is 0.0144. The normalized spacial score (nSPS) is 17.9. The first kappa shape index (κ1) is 24.2. The van der Waals surface area contributed by atoms with Crippen molar-refractivity contribution in [1.29, 1.82) is 0 Å². The molecule has 0 aliphatic carbocycles. The molecule has 0 aromatic carbocycles. The highest BCUT2D eigenvalue weighted by molar-refractivity contribution is 5.97. The zero-order chi connectivity index (χ0) is 22.2. The summed E-state index contributed by atoms with van der Waals surface area (Å²) >= 11 is 0. The minimum atomic E-state index is -0.925. The quantitative estimate of drug-likeness (QED) is 0.375. The molecule has 1 fully saturated rings. The van der Waals surface area contributed by atoms with E-state index in [2.05, 4.69) is 17.2 Å². The predicted octanol–water partition coefficient (Wildman–Crippen LogP) is 1.64. The van der Waals surface area contributed by atoms with Gasteiger partial charge in [0.2, 0.25) is 11.8 Å². The molecule has 0 spiro atoms. The second-order valence-electron chi connectivity index (χ2n) is 7.64. The lowest BCUT2D eigenvalue weighted by Crippen LogP contribution is -2.52. The molecular formula is C20H31N3O6. The number of hydrogen-bond donors (Lipinski definition) is 2. The lowest BCUT2D eigenvalue weighted by atomic mass is 10.2. The summed E-state index contributed by atoms with van der Waals surface area (Å²) < 4.78 is 10.2. The zero-order valence-electron chi connectivity index (χ0n) is 17.7. The summed E-state index contributed by atoms with van der Waals surface area (Å²) in [4.78, 5) is 50.5. The molecule has 29 heavy (non-hydrogen) atoms. The van der Waals surface area contributed by atoms with Gasteiger partial charge in [-0.15, -0.1) is 0 Å². The van der Waals surface area contributed by atoms with Crippen molar-refractivity contribution in [2.45, 2.75) is 65.1 Å². The molecule has 3 amide bonds. The number of hydrogen-bond acceptors (Lipinski definition) is 6. The number of nitrogens with one attached hydrogen (secondary N) is 2. The van der Waals surface area contributed by atoms with E-state index in [4.69, 9.17) is 9.47 Å². The molecule has 9 nitrogen and oxygen atoms in total. The molecule has 2 atom stereocenters. The van der Waals surface area contributed by atoms with Crippen LogP contribution in [0.2, 0.25) is 0 Å². The Hall–Kier alpha value is -2.84. The topological polar surface area (TPSA) is 114 Å². The number of rotatable bonds is 7. The van der Waals surface area contributed by atoms with Crippen molar-refractivity contribution in [3.8, 4) is 0 Å². The molecule has 1 rings (SSSR count). The maximum Gasteiger partial charge on any atom is 0.410 e. The van der Waals surface area contributed by atoms with Crippen LogP contribution in [0.1, 0.15) is 47.5 Å². The minimum Gasteiger partial charge on any atom is -0.457 e. The highest BCUT2D eigenvalue weighted by atomic mass is 16.6. The molecule has 1 aliphatic rings. The van der Waals surface area contributed by atoms with E-state index < -0.39 is 41.6 Å². The zero-order valence-corrected chi connectivity index (χ0v) is 17.7. The molecule has 9 heteroatoms. The fourth-order valence-electron chi connectivity index (χ4n) is 2.65. The van der Waals surface area contributed by atoms with Crippen LogP contribution in [0.15, 0.2) is 24.4 Å². The fourth-order valence-corrected chi connectivity index (χ4v) is 2.65.